The summed E-state index contributed by atoms with van der Waals surface area (Å²) in [4.78, 5) is 50.7. The predicted octanol–water partition coefficient (Wildman–Crippen LogP) is -0.948. The second-order valence-electron chi connectivity index (χ2n) is 8.25. The maximum absolute atomic E-state index is 13.0. The highest BCUT2D eigenvalue weighted by molar-refractivity contribution is 5.94. The number of hydrogen-bond donors (Lipinski definition) is 5. The molecular weight excluding hydrogens is 380 g/mol. The fourth-order valence-corrected chi connectivity index (χ4v) is 3.23. The van der Waals surface area contributed by atoms with Crippen LogP contribution in [0.4, 0.5) is 0 Å². The monoisotopic (exact) mass is 414 g/mol. The van der Waals surface area contributed by atoms with E-state index in [4.69, 9.17) is 5.73 Å². The minimum absolute atomic E-state index is 0.287. The smallest absolute Gasteiger partial charge is 0.326 e. The number of aliphatic hydroxyl groups excluding tert-OH is 1. The van der Waals surface area contributed by atoms with Gasteiger partial charge in [0.2, 0.25) is 17.7 Å². The molecule has 166 valence electrons. The molecule has 0 radical (unpaired) electrons. The van der Waals surface area contributed by atoms with Crippen LogP contribution in [-0.2, 0) is 19.2 Å². The van der Waals surface area contributed by atoms with E-state index in [9.17, 15) is 29.4 Å². The molecule has 10 nitrogen and oxygen atoms in total. The number of aliphatic hydroxyl groups is 1. The summed E-state index contributed by atoms with van der Waals surface area (Å²) >= 11 is 0. The summed E-state index contributed by atoms with van der Waals surface area (Å²) in [5.74, 6) is -3.35. The van der Waals surface area contributed by atoms with Crippen molar-refractivity contribution >= 4 is 23.7 Å². The molecule has 0 aliphatic carbocycles. The topological polar surface area (TPSA) is 162 Å². The molecule has 0 aromatic carbocycles. The molecule has 1 aliphatic heterocycles. The Balaban J connectivity index is 2.95. The van der Waals surface area contributed by atoms with Crippen LogP contribution in [0.1, 0.15) is 47.5 Å². The third kappa shape index (κ3) is 6.40. The van der Waals surface area contributed by atoms with Gasteiger partial charge in [-0.05, 0) is 31.6 Å². The van der Waals surface area contributed by atoms with Crippen LogP contribution in [-0.4, -0.2) is 75.6 Å². The van der Waals surface area contributed by atoms with Crippen LogP contribution in [0.3, 0.4) is 0 Å². The van der Waals surface area contributed by atoms with Crippen molar-refractivity contribution in [2.75, 3.05) is 6.54 Å². The van der Waals surface area contributed by atoms with Crippen molar-refractivity contribution in [2.24, 2.45) is 17.6 Å². The van der Waals surface area contributed by atoms with Gasteiger partial charge in [-0.15, -0.1) is 0 Å². The van der Waals surface area contributed by atoms with E-state index in [-0.39, 0.29) is 11.8 Å². The zero-order valence-electron chi connectivity index (χ0n) is 17.7. The first-order valence-electron chi connectivity index (χ1n) is 9.96. The van der Waals surface area contributed by atoms with E-state index in [2.05, 4.69) is 10.6 Å². The summed E-state index contributed by atoms with van der Waals surface area (Å²) < 4.78 is 0. The van der Waals surface area contributed by atoms with Gasteiger partial charge in [0.05, 0.1) is 6.10 Å². The van der Waals surface area contributed by atoms with Crippen molar-refractivity contribution in [1.29, 1.82) is 0 Å². The summed E-state index contributed by atoms with van der Waals surface area (Å²) in [5.41, 5.74) is 5.62. The van der Waals surface area contributed by atoms with Gasteiger partial charge < -0.3 is 31.5 Å². The van der Waals surface area contributed by atoms with Gasteiger partial charge in [0.15, 0.2) is 0 Å². The normalized spacial score (nSPS) is 20.9. The second-order valence-corrected chi connectivity index (χ2v) is 8.25. The molecule has 29 heavy (non-hydrogen) atoms. The lowest BCUT2D eigenvalue weighted by Crippen LogP contribution is -2.60. The highest BCUT2D eigenvalue weighted by Gasteiger charge is 2.39. The maximum atomic E-state index is 13.0. The largest absolute Gasteiger partial charge is 0.480 e. The Kier molecular flexibility index (Phi) is 9.03. The average molecular weight is 415 g/mol. The number of likely N-dealkylation sites (tertiary alicyclic amines) is 1. The molecule has 1 saturated heterocycles. The number of nitrogens with two attached hydrogens (primary N) is 1. The van der Waals surface area contributed by atoms with Gasteiger partial charge in [0.1, 0.15) is 24.2 Å². The molecule has 6 N–H and O–H groups in total. The number of nitrogens with one attached hydrogen (secondary N) is 2. The fraction of sp³-hybridized carbons (Fsp3) is 0.789. The van der Waals surface area contributed by atoms with E-state index in [1.807, 2.05) is 0 Å². The Morgan fingerprint density at radius 1 is 0.966 bits per heavy atom. The first-order valence-corrected chi connectivity index (χ1v) is 9.96. The minimum atomic E-state index is -1.19. The lowest BCUT2D eigenvalue weighted by atomic mass is 9.98. The Labute approximate surface area is 171 Å². The number of nitrogens with zero attached hydrogens (tertiary/aromatic N) is 1. The molecule has 1 aliphatic rings. The standard InChI is InChI=1S/C19H34N4O6/c1-9(2)14(21-16(25)13(20)11(5)24)17(26)22-15(10(3)4)18(27)23-8-6-7-12(23)19(28)29/h9-15,24H,6-8,20H2,1-5H3,(H,21,25)(H,22,26)(H,28,29). The molecule has 0 aromatic heterocycles. The lowest BCUT2D eigenvalue weighted by molar-refractivity contribution is -0.150. The highest BCUT2D eigenvalue weighted by atomic mass is 16.4. The first kappa shape index (κ1) is 24.8. The number of carboxylic acids is 1. The molecule has 10 heteroatoms. The fourth-order valence-electron chi connectivity index (χ4n) is 3.23. The molecule has 0 spiro atoms. The van der Waals surface area contributed by atoms with E-state index >= 15 is 0 Å². The van der Waals surface area contributed by atoms with E-state index in [0.29, 0.717) is 19.4 Å². The zero-order valence-corrected chi connectivity index (χ0v) is 17.7. The molecule has 1 fully saturated rings. The maximum Gasteiger partial charge on any atom is 0.326 e. The summed E-state index contributed by atoms with van der Waals surface area (Å²) in [6.07, 6.45) is -0.121. The third-order valence-corrected chi connectivity index (χ3v) is 5.12. The van der Waals surface area contributed by atoms with Crippen molar-refractivity contribution < 1.29 is 29.4 Å². The Morgan fingerprint density at radius 3 is 1.93 bits per heavy atom. The summed E-state index contributed by atoms with van der Waals surface area (Å²) in [6, 6.07) is -3.97. The minimum Gasteiger partial charge on any atom is -0.480 e. The van der Waals surface area contributed by atoms with Crippen LogP contribution >= 0.6 is 0 Å². The van der Waals surface area contributed by atoms with Gasteiger partial charge in [0, 0.05) is 6.54 Å². The number of carbonyl (C=O) groups excluding carboxylic acids is 3. The predicted molar refractivity (Wildman–Crippen MR) is 106 cm³/mol. The summed E-state index contributed by atoms with van der Waals surface area (Å²) in [5, 5.41) is 24.0. The van der Waals surface area contributed by atoms with Gasteiger partial charge in [0.25, 0.3) is 0 Å². The molecular formula is C19H34N4O6. The first-order chi connectivity index (χ1) is 13.4. The van der Waals surface area contributed by atoms with Crippen molar-refractivity contribution in [2.45, 2.75) is 77.7 Å². The number of amides is 3. The van der Waals surface area contributed by atoms with Gasteiger partial charge >= 0.3 is 5.97 Å². The Morgan fingerprint density at radius 2 is 1.48 bits per heavy atom. The van der Waals surface area contributed by atoms with Crippen molar-refractivity contribution in [3.05, 3.63) is 0 Å². The summed E-state index contributed by atoms with van der Waals surface area (Å²) in [7, 11) is 0. The van der Waals surface area contributed by atoms with Crippen LogP contribution in [0.2, 0.25) is 0 Å². The Bertz CT molecular complexity index is 622. The average Bonchev–Trinajstić information content (AvgIpc) is 3.11. The summed E-state index contributed by atoms with van der Waals surface area (Å²) in [6.45, 7) is 8.65. The van der Waals surface area contributed by atoms with E-state index in [1.165, 1.54) is 11.8 Å². The number of carboxylic acid groups (broad SMARTS) is 1. The second kappa shape index (κ2) is 10.5. The van der Waals surface area contributed by atoms with Crippen molar-refractivity contribution in [3.8, 4) is 0 Å². The van der Waals surface area contributed by atoms with Crippen molar-refractivity contribution in [3.63, 3.8) is 0 Å². The number of hydrogen-bond acceptors (Lipinski definition) is 6. The van der Waals surface area contributed by atoms with E-state index in [1.54, 1.807) is 27.7 Å². The van der Waals surface area contributed by atoms with E-state index in [0.717, 1.165) is 0 Å². The van der Waals surface area contributed by atoms with Crippen molar-refractivity contribution in [1.82, 2.24) is 15.5 Å². The molecule has 0 aromatic rings. The molecule has 0 bridgehead atoms. The Hall–Kier alpha value is -2.20. The van der Waals surface area contributed by atoms with Crippen LogP contribution in [0, 0.1) is 11.8 Å². The SMILES string of the molecule is CC(C)C(NC(=O)C(N)C(C)O)C(=O)NC(C(=O)N1CCCC1C(=O)O)C(C)C. The molecule has 5 atom stereocenters. The van der Waals surface area contributed by atoms with Crippen LogP contribution in [0.25, 0.3) is 0 Å². The van der Waals surface area contributed by atoms with Gasteiger partial charge in [-0.3, -0.25) is 14.4 Å². The van der Waals surface area contributed by atoms with Gasteiger partial charge in [-0.25, -0.2) is 4.79 Å². The van der Waals surface area contributed by atoms with Crippen LogP contribution in [0.5, 0.6) is 0 Å². The lowest BCUT2D eigenvalue weighted by Gasteiger charge is -2.31. The molecule has 1 heterocycles. The third-order valence-electron chi connectivity index (χ3n) is 5.12. The molecule has 3 amide bonds. The van der Waals surface area contributed by atoms with Crippen LogP contribution < -0.4 is 16.4 Å². The van der Waals surface area contributed by atoms with Gasteiger partial charge in [-0.2, -0.15) is 0 Å². The highest BCUT2D eigenvalue weighted by Crippen LogP contribution is 2.20. The van der Waals surface area contributed by atoms with Crippen LogP contribution in [0.15, 0.2) is 0 Å². The number of rotatable bonds is 9. The molecule has 1 rings (SSSR count). The molecule has 5 unspecified atom stereocenters. The van der Waals surface area contributed by atoms with Gasteiger partial charge in [-0.1, -0.05) is 27.7 Å². The quantitative estimate of drug-likeness (QED) is 0.325. The van der Waals surface area contributed by atoms with E-state index < -0.39 is 54.0 Å². The molecule has 0 saturated carbocycles. The number of carbonyl (C=O) groups is 4. The number of aliphatic carboxylic acids is 1. The zero-order chi connectivity index (χ0) is 22.5.